The molecule has 3 heterocycles. The minimum atomic E-state index is -3.35. The standard InChI is InChI=1S/C26H30ClN7O5S/c1-40(37,38)22-6-4-20(5-7-22)29-26(36)24-15-21(32-10-12-39-13-11-32)16-33(24)25(35)9-2-18-14-19(27)3-8-23(18)34-17-28-30-31-34/h2-9,14,17,21,24-25,35H,10-13,15-16H2,1H3,(H,29,36)/b9-2+/t21-,24-,25?/m0/s1. The Morgan fingerprint density at radius 1 is 1.20 bits per heavy atom. The summed E-state index contributed by atoms with van der Waals surface area (Å²) in [7, 11) is -3.35. The number of ether oxygens (including phenoxy) is 1. The lowest BCUT2D eigenvalue weighted by molar-refractivity contribution is -0.123. The molecule has 212 valence electrons. The molecule has 1 amide bonds. The highest BCUT2D eigenvalue weighted by molar-refractivity contribution is 7.90. The van der Waals surface area contributed by atoms with E-state index < -0.39 is 22.1 Å². The average Bonchev–Trinajstić information content (AvgIpc) is 3.63. The third-order valence-corrected chi connectivity index (χ3v) is 8.47. The van der Waals surface area contributed by atoms with E-state index in [1.165, 1.54) is 23.1 Å². The second kappa shape index (κ2) is 12.1. The number of rotatable bonds is 8. The van der Waals surface area contributed by atoms with Crippen molar-refractivity contribution in [3.8, 4) is 5.69 Å². The van der Waals surface area contributed by atoms with Gasteiger partial charge in [0.25, 0.3) is 0 Å². The van der Waals surface area contributed by atoms with E-state index in [4.69, 9.17) is 16.3 Å². The van der Waals surface area contributed by atoms with Gasteiger partial charge in [0.1, 0.15) is 12.6 Å². The number of aliphatic hydroxyl groups excluding tert-OH is 1. The van der Waals surface area contributed by atoms with E-state index in [1.807, 2.05) is 0 Å². The minimum Gasteiger partial charge on any atom is -0.379 e. The monoisotopic (exact) mass is 587 g/mol. The summed E-state index contributed by atoms with van der Waals surface area (Å²) in [5.41, 5.74) is 1.84. The van der Waals surface area contributed by atoms with Crippen LogP contribution in [0.3, 0.4) is 0 Å². The Bertz CT molecular complexity index is 1460. The van der Waals surface area contributed by atoms with Crippen LogP contribution in [0.2, 0.25) is 5.02 Å². The molecule has 14 heteroatoms. The van der Waals surface area contributed by atoms with Gasteiger partial charge in [0.15, 0.2) is 9.84 Å². The van der Waals surface area contributed by atoms with Crippen LogP contribution in [-0.4, -0.2) is 107 Å². The minimum absolute atomic E-state index is 0.0539. The zero-order valence-corrected chi connectivity index (χ0v) is 23.4. The van der Waals surface area contributed by atoms with Crippen molar-refractivity contribution in [1.29, 1.82) is 0 Å². The highest BCUT2D eigenvalue weighted by Crippen LogP contribution is 2.28. The van der Waals surface area contributed by atoms with Gasteiger partial charge in [-0.1, -0.05) is 17.7 Å². The topological polar surface area (TPSA) is 143 Å². The molecule has 0 bridgehead atoms. The first-order chi connectivity index (χ1) is 19.2. The van der Waals surface area contributed by atoms with Gasteiger partial charge in [0.2, 0.25) is 5.91 Å². The van der Waals surface area contributed by atoms with Gasteiger partial charge in [-0.2, -0.15) is 4.68 Å². The van der Waals surface area contributed by atoms with Crippen LogP contribution in [0.5, 0.6) is 0 Å². The number of amides is 1. The fraction of sp³-hybridized carbons (Fsp3) is 0.385. The summed E-state index contributed by atoms with van der Waals surface area (Å²) < 4.78 is 30.6. The maximum atomic E-state index is 13.5. The summed E-state index contributed by atoms with van der Waals surface area (Å²) in [6, 6.07) is 10.7. The number of nitrogens with one attached hydrogen (secondary N) is 1. The molecule has 2 saturated heterocycles. The lowest BCUT2D eigenvalue weighted by Crippen LogP contribution is -2.46. The smallest absolute Gasteiger partial charge is 0.241 e. The fourth-order valence-corrected chi connectivity index (χ4v) is 5.86. The maximum Gasteiger partial charge on any atom is 0.241 e. The zero-order valence-electron chi connectivity index (χ0n) is 21.8. The highest BCUT2D eigenvalue weighted by Gasteiger charge is 2.42. The first-order valence-corrected chi connectivity index (χ1v) is 15.0. The Labute approximate surface area is 237 Å². The molecule has 3 atom stereocenters. The predicted octanol–water partition coefficient (Wildman–Crippen LogP) is 1.46. The van der Waals surface area contributed by atoms with Crippen LogP contribution in [0, 0.1) is 0 Å². The Morgan fingerprint density at radius 3 is 2.62 bits per heavy atom. The number of tetrazole rings is 1. The number of anilines is 1. The molecule has 2 aliphatic rings. The average molecular weight is 588 g/mol. The largest absolute Gasteiger partial charge is 0.379 e. The first-order valence-electron chi connectivity index (χ1n) is 12.8. The van der Waals surface area contributed by atoms with Crippen LogP contribution < -0.4 is 5.32 Å². The van der Waals surface area contributed by atoms with Crippen molar-refractivity contribution in [1.82, 2.24) is 30.0 Å². The van der Waals surface area contributed by atoms with E-state index in [9.17, 15) is 18.3 Å². The van der Waals surface area contributed by atoms with E-state index in [-0.39, 0.29) is 16.8 Å². The van der Waals surface area contributed by atoms with Crippen molar-refractivity contribution in [2.45, 2.75) is 29.6 Å². The van der Waals surface area contributed by atoms with Gasteiger partial charge in [0.05, 0.1) is 29.8 Å². The molecular formula is C26H30ClN7O5S. The second-order valence-corrected chi connectivity index (χ2v) is 12.2. The van der Waals surface area contributed by atoms with Gasteiger partial charge in [0, 0.05) is 48.2 Å². The van der Waals surface area contributed by atoms with Crippen LogP contribution in [0.15, 0.2) is 59.8 Å². The number of carbonyl (C=O) groups is 1. The molecule has 5 rings (SSSR count). The summed E-state index contributed by atoms with van der Waals surface area (Å²) in [5.74, 6) is -0.285. The van der Waals surface area contributed by atoms with Crippen LogP contribution >= 0.6 is 11.6 Å². The molecule has 1 unspecified atom stereocenters. The molecule has 3 aromatic rings. The second-order valence-electron chi connectivity index (χ2n) is 9.77. The van der Waals surface area contributed by atoms with Crippen LogP contribution in [0.4, 0.5) is 5.69 Å². The number of aromatic nitrogens is 4. The Balaban J connectivity index is 1.36. The van der Waals surface area contributed by atoms with Gasteiger partial charge in [-0.25, -0.2) is 8.42 Å². The normalized spacial score (nSPS) is 21.6. The third-order valence-electron chi connectivity index (χ3n) is 7.11. The number of hydrogen-bond donors (Lipinski definition) is 2. The molecule has 2 aromatic carbocycles. The number of aliphatic hydroxyl groups is 1. The SMILES string of the molecule is CS(=O)(=O)c1ccc(NC(=O)[C@@H]2C[C@H](N3CCOCC3)CN2C(O)/C=C/c2cc(Cl)ccc2-n2cnnn2)cc1. The number of sulfone groups is 1. The van der Waals surface area contributed by atoms with Gasteiger partial charge < -0.3 is 15.2 Å². The van der Waals surface area contributed by atoms with Crippen molar-refractivity contribution in [3.63, 3.8) is 0 Å². The van der Waals surface area contributed by atoms with Crippen molar-refractivity contribution in [2.24, 2.45) is 0 Å². The quantitative estimate of drug-likeness (QED) is 0.398. The molecule has 2 N–H and O–H groups in total. The summed E-state index contributed by atoms with van der Waals surface area (Å²) in [6.45, 7) is 3.23. The molecule has 1 aromatic heterocycles. The summed E-state index contributed by atoms with van der Waals surface area (Å²) in [6.07, 6.45) is 5.39. The lowest BCUT2D eigenvalue weighted by atomic mass is 10.1. The molecule has 0 saturated carbocycles. The summed E-state index contributed by atoms with van der Waals surface area (Å²) in [5, 5.41) is 26.0. The van der Waals surface area contributed by atoms with Crippen molar-refractivity contribution in [2.75, 3.05) is 44.4 Å². The fourth-order valence-electron chi connectivity index (χ4n) is 5.05. The van der Waals surface area contributed by atoms with E-state index in [2.05, 4.69) is 25.7 Å². The van der Waals surface area contributed by atoms with Gasteiger partial charge in [-0.05, 0) is 65.4 Å². The van der Waals surface area contributed by atoms with Crippen LogP contribution in [-0.2, 0) is 19.4 Å². The van der Waals surface area contributed by atoms with E-state index >= 15 is 0 Å². The predicted molar refractivity (Wildman–Crippen MR) is 149 cm³/mol. The van der Waals surface area contributed by atoms with Gasteiger partial charge >= 0.3 is 0 Å². The number of carbonyl (C=O) groups excluding carboxylic acids is 1. The molecule has 2 fully saturated rings. The molecule has 0 radical (unpaired) electrons. The number of likely N-dealkylation sites (tertiary alicyclic amines) is 1. The lowest BCUT2D eigenvalue weighted by Gasteiger charge is -2.32. The summed E-state index contributed by atoms with van der Waals surface area (Å²) in [4.78, 5) is 17.7. The van der Waals surface area contributed by atoms with E-state index in [1.54, 1.807) is 47.4 Å². The Morgan fingerprint density at radius 2 is 1.95 bits per heavy atom. The van der Waals surface area contributed by atoms with Crippen LogP contribution in [0.1, 0.15) is 12.0 Å². The van der Waals surface area contributed by atoms with Crippen molar-refractivity contribution >= 4 is 39.1 Å². The molecule has 0 aliphatic carbocycles. The third kappa shape index (κ3) is 6.57. The number of hydrogen-bond acceptors (Lipinski definition) is 10. The Hall–Kier alpha value is -3.20. The van der Waals surface area contributed by atoms with Gasteiger partial charge in [-0.3, -0.25) is 14.6 Å². The van der Waals surface area contributed by atoms with Gasteiger partial charge in [-0.15, -0.1) is 5.10 Å². The molecule has 12 nitrogen and oxygen atoms in total. The number of benzene rings is 2. The first kappa shape index (κ1) is 28.3. The zero-order chi connectivity index (χ0) is 28.3. The Kier molecular flexibility index (Phi) is 8.59. The highest BCUT2D eigenvalue weighted by atomic mass is 35.5. The van der Waals surface area contributed by atoms with E-state index in [0.29, 0.717) is 48.1 Å². The molecule has 0 spiro atoms. The maximum absolute atomic E-state index is 13.5. The summed E-state index contributed by atoms with van der Waals surface area (Å²) >= 11 is 6.23. The number of morpholine rings is 1. The van der Waals surface area contributed by atoms with Crippen molar-refractivity contribution < 1.29 is 23.1 Å². The molecular weight excluding hydrogens is 558 g/mol. The molecule has 2 aliphatic heterocycles. The van der Waals surface area contributed by atoms with Crippen molar-refractivity contribution in [3.05, 3.63) is 65.5 Å². The van der Waals surface area contributed by atoms with E-state index in [0.717, 1.165) is 19.3 Å². The van der Waals surface area contributed by atoms with Crippen LogP contribution in [0.25, 0.3) is 11.8 Å². The molecule has 40 heavy (non-hydrogen) atoms. The number of halogens is 1. The number of nitrogens with zero attached hydrogens (tertiary/aromatic N) is 6.